The van der Waals surface area contributed by atoms with E-state index in [1.54, 1.807) is 12.1 Å². The summed E-state index contributed by atoms with van der Waals surface area (Å²) in [6.45, 7) is 5.56. The molecular formula is C26H28FN5O3. The molecule has 0 aliphatic carbocycles. The third-order valence-corrected chi connectivity index (χ3v) is 6.52. The van der Waals surface area contributed by atoms with Gasteiger partial charge in [-0.25, -0.2) is 9.18 Å². The van der Waals surface area contributed by atoms with Crippen LogP contribution in [0.25, 0.3) is 22.0 Å². The number of para-hydroxylation sites is 1. The minimum absolute atomic E-state index is 0.0374. The molecule has 0 bridgehead atoms. The van der Waals surface area contributed by atoms with E-state index >= 15 is 4.39 Å². The third kappa shape index (κ3) is 5.00. The highest BCUT2D eigenvalue weighted by Gasteiger charge is 2.21. The van der Waals surface area contributed by atoms with Gasteiger partial charge in [0.05, 0.1) is 17.4 Å². The van der Waals surface area contributed by atoms with E-state index in [0.29, 0.717) is 11.3 Å². The molecule has 35 heavy (non-hydrogen) atoms. The maximum absolute atomic E-state index is 15.0. The Bertz CT molecular complexity index is 1400. The number of halogens is 1. The van der Waals surface area contributed by atoms with Gasteiger partial charge in [-0.15, -0.1) is 0 Å². The van der Waals surface area contributed by atoms with E-state index in [-0.39, 0.29) is 24.0 Å². The Morgan fingerprint density at radius 1 is 1.14 bits per heavy atom. The van der Waals surface area contributed by atoms with Gasteiger partial charge in [-0.05, 0) is 35.7 Å². The summed E-state index contributed by atoms with van der Waals surface area (Å²) in [5, 5.41) is 3.82. The van der Waals surface area contributed by atoms with Crippen molar-refractivity contribution in [3.63, 3.8) is 0 Å². The van der Waals surface area contributed by atoms with E-state index in [2.05, 4.69) is 39.6 Å². The van der Waals surface area contributed by atoms with Crippen molar-refractivity contribution in [1.29, 1.82) is 0 Å². The fourth-order valence-corrected chi connectivity index (χ4v) is 4.60. The molecule has 3 heterocycles. The van der Waals surface area contributed by atoms with Crippen molar-refractivity contribution in [2.45, 2.75) is 20.0 Å². The van der Waals surface area contributed by atoms with Crippen LogP contribution in [0.5, 0.6) is 0 Å². The fraction of sp³-hybridized carbons (Fsp3) is 0.308. The van der Waals surface area contributed by atoms with Gasteiger partial charge in [0, 0.05) is 56.7 Å². The second-order valence-corrected chi connectivity index (χ2v) is 8.83. The Balaban J connectivity index is 1.19. The minimum Gasteiger partial charge on any atom is -0.367 e. The zero-order valence-corrected chi connectivity index (χ0v) is 19.6. The van der Waals surface area contributed by atoms with Gasteiger partial charge in [0.25, 0.3) is 0 Å². The van der Waals surface area contributed by atoms with Crippen LogP contribution in [0.15, 0.2) is 64.2 Å². The quantitative estimate of drug-likeness (QED) is 0.427. The van der Waals surface area contributed by atoms with E-state index in [0.717, 1.165) is 44.7 Å². The van der Waals surface area contributed by atoms with Gasteiger partial charge in [0.1, 0.15) is 12.5 Å². The average molecular weight is 478 g/mol. The molecular weight excluding hydrogens is 449 g/mol. The smallest absolute Gasteiger partial charge is 0.365 e. The Hall–Kier alpha value is -3.85. The number of piperazine rings is 1. The summed E-state index contributed by atoms with van der Waals surface area (Å²) in [5.41, 5.74) is 3.13. The van der Waals surface area contributed by atoms with Gasteiger partial charge in [-0.1, -0.05) is 24.3 Å². The average Bonchev–Trinajstić information content (AvgIpc) is 3.45. The number of anilines is 1. The normalized spacial score (nSPS) is 14.5. The van der Waals surface area contributed by atoms with Crippen LogP contribution in [-0.2, 0) is 17.9 Å². The summed E-state index contributed by atoms with van der Waals surface area (Å²) < 4.78 is 21.4. The molecule has 1 aliphatic heterocycles. The number of carbonyl (C=O) groups excluding carboxylic acids is 1. The highest BCUT2D eigenvalue weighted by molar-refractivity contribution is 5.83. The Labute approximate surface area is 201 Å². The Morgan fingerprint density at radius 2 is 1.94 bits per heavy atom. The summed E-state index contributed by atoms with van der Waals surface area (Å²) in [7, 11) is 0. The third-order valence-electron chi connectivity index (χ3n) is 6.52. The number of H-pyrrole nitrogens is 1. The Morgan fingerprint density at radius 3 is 2.71 bits per heavy atom. The standard InChI is InChI=1S/C26H28FN5O3/c1-18(33)29-17-32-16-22(26(34)35-32)19-6-7-25(23(27)14-19)31-12-10-30(11-13-31)9-8-20-15-28-24-5-3-2-4-21(20)24/h2-7,14-16,28H,8-13,17H2,1H3,(H,29,33). The van der Waals surface area contributed by atoms with Gasteiger partial charge in [0.2, 0.25) is 5.91 Å². The van der Waals surface area contributed by atoms with Crippen molar-refractivity contribution in [3.8, 4) is 11.1 Å². The molecule has 0 spiro atoms. The lowest BCUT2D eigenvalue weighted by Gasteiger charge is -2.36. The first kappa shape index (κ1) is 22.9. The van der Waals surface area contributed by atoms with Crippen molar-refractivity contribution in [2.24, 2.45) is 0 Å². The van der Waals surface area contributed by atoms with Gasteiger partial charge in [-0.2, -0.15) is 4.74 Å². The van der Waals surface area contributed by atoms with Crippen molar-refractivity contribution >= 4 is 22.5 Å². The molecule has 1 aliphatic rings. The number of nitrogens with zero attached hydrogens (tertiary/aromatic N) is 3. The molecule has 0 atom stereocenters. The van der Waals surface area contributed by atoms with Crippen molar-refractivity contribution in [1.82, 2.24) is 19.9 Å². The molecule has 2 aromatic carbocycles. The molecule has 5 rings (SSSR count). The molecule has 0 unspecified atom stereocenters. The lowest BCUT2D eigenvalue weighted by Crippen LogP contribution is -2.47. The zero-order valence-electron chi connectivity index (χ0n) is 19.6. The number of benzene rings is 2. The summed E-state index contributed by atoms with van der Waals surface area (Å²) >= 11 is 0. The van der Waals surface area contributed by atoms with Crippen LogP contribution in [-0.4, -0.2) is 53.3 Å². The van der Waals surface area contributed by atoms with Gasteiger partial charge in [-0.3, -0.25) is 9.69 Å². The van der Waals surface area contributed by atoms with Crippen LogP contribution in [0.3, 0.4) is 0 Å². The van der Waals surface area contributed by atoms with Crippen LogP contribution in [0.1, 0.15) is 12.5 Å². The number of amides is 1. The maximum atomic E-state index is 15.0. The minimum atomic E-state index is -0.577. The van der Waals surface area contributed by atoms with Crippen LogP contribution in [0.4, 0.5) is 10.1 Å². The summed E-state index contributed by atoms with van der Waals surface area (Å²) in [6, 6.07) is 13.2. The molecule has 1 amide bonds. The number of aromatic amines is 1. The van der Waals surface area contributed by atoms with Crippen LogP contribution < -0.4 is 15.8 Å². The molecule has 0 saturated carbocycles. The molecule has 1 saturated heterocycles. The summed E-state index contributed by atoms with van der Waals surface area (Å²) in [5.74, 6) is -0.611. The lowest BCUT2D eigenvalue weighted by molar-refractivity contribution is -0.119. The first-order valence-electron chi connectivity index (χ1n) is 11.8. The number of hydrogen-bond donors (Lipinski definition) is 2. The number of aromatic nitrogens is 2. The second kappa shape index (κ2) is 9.79. The predicted molar refractivity (Wildman–Crippen MR) is 133 cm³/mol. The molecule has 1 fully saturated rings. The molecule has 8 nitrogen and oxygen atoms in total. The van der Waals surface area contributed by atoms with E-state index in [1.165, 1.54) is 34.9 Å². The highest BCUT2D eigenvalue weighted by Crippen LogP contribution is 2.26. The zero-order chi connectivity index (χ0) is 24.4. The first-order chi connectivity index (χ1) is 17.0. The van der Waals surface area contributed by atoms with Gasteiger partial charge >= 0.3 is 5.63 Å². The van der Waals surface area contributed by atoms with Crippen LogP contribution >= 0.6 is 0 Å². The summed E-state index contributed by atoms with van der Waals surface area (Å²) in [6.07, 6.45) is 4.53. The number of rotatable bonds is 7. The van der Waals surface area contributed by atoms with Crippen molar-refractivity contribution < 1.29 is 13.7 Å². The monoisotopic (exact) mass is 477 g/mol. The van der Waals surface area contributed by atoms with Gasteiger partial charge in [0.15, 0.2) is 0 Å². The van der Waals surface area contributed by atoms with Crippen molar-refractivity contribution in [3.05, 3.63) is 76.7 Å². The number of nitrogens with one attached hydrogen (secondary N) is 2. The first-order valence-corrected chi connectivity index (χ1v) is 11.8. The fourth-order valence-electron chi connectivity index (χ4n) is 4.60. The summed E-state index contributed by atoms with van der Waals surface area (Å²) in [4.78, 5) is 31.1. The SMILES string of the molecule is CC(=O)NCn1cc(-c2ccc(N3CCN(CCc4c[nH]c5ccccc45)CC3)c(F)c2)c(=O)o1. The number of carbonyl (C=O) groups is 1. The topological polar surface area (TPSA) is 86.5 Å². The highest BCUT2D eigenvalue weighted by atomic mass is 19.1. The molecule has 2 aromatic heterocycles. The Kier molecular flexibility index (Phi) is 6.41. The molecule has 2 N–H and O–H groups in total. The van der Waals surface area contributed by atoms with Crippen LogP contribution in [0.2, 0.25) is 0 Å². The molecule has 9 heteroatoms. The largest absolute Gasteiger partial charge is 0.367 e. The van der Waals surface area contributed by atoms with E-state index in [1.807, 2.05) is 11.0 Å². The predicted octanol–water partition coefficient (Wildman–Crippen LogP) is 3.19. The molecule has 0 radical (unpaired) electrons. The van der Waals surface area contributed by atoms with E-state index in [4.69, 9.17) is 4.52 Å². The number of fused-ring (bicyclic) bond motifs is 1. The lowest BCUT2D eigenvalue weighted by atomic mass is 10.1. The van der Waals surface area contributed by atoms with Crippen molar-refractivity contribution in [2.75, 3.05) is 37.6 Å². The molecule has 182 valence electrons. The second-order valence-electron chi connectivity index (χ2n) is 8.83. The number of hydrogen-bond acceptors (Lipinski definition) is 5. The van der Waals surface area contributed by atoms with Gasteiger partial charge < -0.3 is 19.7 Å². The molecule has 4 aromatic rings. The van der Waals surface area contributed by atoms with E-state index in [9.17, 15) is 9.59 Å². The maximum Gasteiger partial charge on any atom is 0.365 e. The van der Waals surface area contributed by atoms with E-state index < -0.39 is 5.63 Å². The van der Waals surface area contributed by atoms with Crippen LogP contribution in [0, 0.1) is 5.82 Å².